The van der Waals surface area contributed by atoms with Gasteiger partial charge in [0.05, 0.1) is 11.5 Å². The lowest BCUT2D eigenvalue weighted by molar-refractivity contribution is -0.160. The smallest absolute Gasteiger partial charge is 0.229 e. The van der Waals surface area contributed by atoms with E-state index in [-0.39, 0.29) is 11.5 Å². The molecule has 0 unspecified atom stereocenters. The third-order valence-electron chi connectivity index (χ3n) is 7.03. The predicted octanol–water partition coefficient (Wildman–Crippen LogP) is 4.41. The van der Waals surface area contributed by atoms with Crippen molar-refractivity contribution in [2.45, 2.75) is 57.9 Å². The lowest BCUT2D eigenvalue weighted by Crippen LogP contribution is -2.55. The number of fused-ring (bicyclic) bond motifs is 1. The van der Waals surface area contributed by atoms with Crippen molar-refractivity contribution in [2.24, 2.45) is 23.2 Å². The first-order valence-electron chi connectivity index (χ1n) is 9.02. The standard InChI is InChI=1S/C19H25NOS/c1-12-16-3-5-22-17(16)2-4-20(12)18(21)19-9-13-6-14(10-19)8-15(7-13)11-19/h3,5,12-15H,2,4,6-11H2,1H3/t12-,13?,14?,15?,19?/m0/s1. The molecule has 0 radical (unpaired) electrons. The Bertz CT molecular complexity index is 583. The summed E-state index contributed by atoms with van der Waals surface area (Å²) in [5, 5.41) is 2.19. The van der Waals surface area contributed by atoms with Crippen molar-refractivity contribution >= 4 is 17.2 Å². The second kappa shape index (κ2) is 4.59. The van der Waals surface area contributed by atoms with E-state index in [1.54, 1.807) is 0 Å². The van der Waals surface area contributed by atoms with Gasteiger partial charge in [-0.15, -0.1) is 11.3 Å². The molecule has 4 fully saturated rings. The van der Waals surface area contributed by atoms with Gasteiger partial charge in [0.2, 0.25) is 5.91 Å². The molecule has 4 saturated carbocycles. The molecular formula is C19H25NOS. The SMILES string of the molecule is C[C@H]1c2ccsc2CCN1C(=O)C12CC3CC(CC(C3)C1)C2. The summed E-state index contributed by atoms with van der Waals surface area (Å²) >= 11 is 1.86. The summed E-state index contributed by atoms with van der Waals surface area (Å²) < 4.78 is 0. The van der Waals surface area contributed by atoms with Crippen molar-refractivity contribution in [3.63, 3.8) is 0 Å². The van der Waals surface area contributed by atoms with Gasteiger partial charge in [0, 0.05) is 11.4 Å². The molecule has 0 spiro atoms. The van der Waals surface area contributed by atoms with E-state index >= 15 is 0 Å². The molecule has 2 nitrogen and oxygen atoms in total. The number of carbonyl (C=O) groups is 1. The van der Waals surface area contributed by atoms with E-state index in [0.29, 0.717) is 5.91 Å². The van der Waals surface area contributed by atoms with Crippen LogP contribution in [0.1, 0.15) is 61.9 Å². The fourth-order valence-electron chi connectivity index (χ4n) is 6.46. The molecule has 0 aromatic carbocycles. The highest BCUT2D eigenvalue weighted by molar-refractivity contribution is 7.10. The zero-order chi connectivity index (χ0) is 14.9. The summed E-state index contributed by atoms with van der Waals surface area (Å²) in [4.78, 5) is 17.3. The van der Waals surface area contributed by atoms with Gasteiger partial charge in [-0.1, -0.05) is 0 Å². The molecule has 3 heteroatoms. The molecule has 118 valence electrons. The fraction of sp³-hybridized carbons (Fsp3) is 0.737. The first kappa shape index (κ1) is 13.6. The molecule has 4 aliphatic carbocycles. The second-order valence-corrected chi connectivity index (χ2v) is 9.42. The zero-order valence-corrected chi connectivity index (χ0v) is 14.2. The molecule has 6 rings (SSSR count). The van der Waals surface area contributed by atoms with Gasteiger partial charge in [-0.3, -0.25) is 4.79 Å². The van der Waals surface area contributed by atoms with Crippen molar-refractivity contribution < 1.29 is 4.79 Å². The summed E-state index contributed by atoms with van der Waals surface area (Å²) in [6, 6.07) is 2.53. The largest absolute Gasteiger partial charge is 0.335 e. The summed E-state index contributed by atoms with van der Waals surface area (Å²) in [5.41, 5.74) is 1.44. The fourth-order valence-corrected chi connectivity index (χ4v) is 7.43. The average molecular weight is 315 g/mol. The van der Waals surface area contributed by atoms with Crippen LogP contribution in [0.4, 0.5) is 0 Å². The van der Waals surface area contributed by atoms with E-state index in [2.05, 4.69) is 23.3 Å². The molecule has 1 aliphatic heterocycles. The van der Waals surface area contributed by atoms with Crippen molar-refractivity contribution in [2.75, 3.05) is 6.54 Å². The van der Waals surface area contributed by atoms with E-state index in [1.165, 1.54) is 49.0 Å². The molecule has 5 aliphatic rings. The maximum Gasteiger partial charge on any atom is 0.229 e. The lowest BCUT2D eigenvalue weighted by atomic mass is 9.49. The Hall–Kier alpha value is -0.830. The third kappa shape index (κ3) is 1.81. The minimum Gasteiger partial charge on any atom is -0.335 e. The zero-order valence-electron chi connectivity index (χ0n) is 13.4. The summed E-state index contributed by atoms with van der Waals surface area (Å²) in [5.74, 6) is 3.07. The summed E-state index contributed by atoms with van der Waals surface area (Å²) in [6.45, 7) is 3.18. The van der Waals surface area contributed by atoms with Gasteiger partial charge in [0.25, 0.3) is 0 Å². The highest BCUT2D eigenvalue weighted by Gasteiger charge is 2.56. The maximum absolute atomic E-state index is 13.5. The van der Waals surface area contributed by atoms with Gasteiger partial charge in [0.1, 0.15) is 0 Å². The van der Waals surface area contributed by atoms with Gasteiger partial charge < -0.3 is 4.90 Å². The van der Waals surface area contributed by atoms with E-state index in [0.717, 1.165) is 30.7 Å². The number of nitrogens with zero attached hydrogens (tertiary/aromatic N) is 1. The highest BCUT2D eigenvalue weighted by Crippen LogP contribution is 2.61. The van der Waals surface area contributed by atoms with Crippen LogP contribution in [0.3, 0.4) is 0 Å². The van der Waals surface area contributed by atoms with Crippen LogP contribution < -0.4 is 0 Å². The molecule has 1 aromatic heterocycles. The topological polar surface area (TPSA) is 20.3 Å². The number of hydrogen-bond donors (Lipinski definition) is 0. The van der Waals surface area contributed by atoms with E-state index in [4.69, 9.17) is 0 Å². The van der Waals surface area contributed by atoms with E-state index in [1.807, 2.05) is 11.3 Å². The van der Waals surface area contributed by atoms with Crippen LogP contribution in [0.5, 0.6) is 0 Å². The molecular weight excluding hydrogens is 290 g/mol. The van der Waals surface area contributed by atoms with Crippen LogP contribution in [0.2, 0.25) is 0 Å². The van der Waals surface area contributed by atoms with E-state index < -0.39 is 0 Å². The van der Waals surface area contributed by atoms with Crippen LogP contribution in [-0.4, -0.2) is 17.4 Å². The maximum atomic E-state index is 13.5. The van der Waals surface area contributed by atoms with Crippen LogP contribution in [-0.2, 0) is 11.2 Å². The van der Waals surface area contributed by atoms with Gasteiger partial charge in [-0.25, -0.2) is 0 Å². The van der Waals surface area contributed by atoms with Crippen LogP contribution in [0, 0.1) is 23.2 Å². The Balaban J connectivity index is 1.45. The first-order valence-corrected chi connectivity index (χ1v) is 9.90. The number of thiophene rings is 1. The minimum atomic E-state index is 0.0243. The van der Waals surface area contributed by atoms with Crippen molar-refractivity contribution in [1.29, 1.82) is 0 Å². The number of hydrogen-bond acceptors (Lipinski definition) is 2. The average Bonchev–Trinajstić information content (AvgIpc) is 2.95. The first-order chi connectivity index (χ1) is 10.6. The molecule has 0 N–H and O–H groups in total. The molecule has 1 atom stereocenters. The molecule has 4 bridgehead atoms. The molecule has 0 saturated heterocycles. The van der Waals surface area contributed by atoms with E-state index in [9.17, 15) is 4.79 Å². The normalized spacial score (nSPS) is 42.5. The minimum absolute atomic E-state index is 0.0243. The predicted molar refractivity (Wildman–Crippen MR) is 88.8 cm³/mol. The third-order valence-corrected chi connectivity index (χ3v) is 8.03. The Labute approximate surface area is 136 Å². The Morgan fingerprint density at radius 1 is 1.18 bits per heavy atom. The number of amides is 1. The van der Waals surface area contributed by atoms with Gasteiger partial charge in [-0.2, -0.15) is 0 Å². The molecule has 2 heterocycles. The lowest BCUT2D eigenvalue weighted by Gasteiger charge is -2.57. The Morgan fingerprint density at radius 2 is 1.82 bits per heavy atom. The van der Waals surface area contributed by atoms with Gasteiger partial charge >= 0.3 is 0 Å². The quantitative estimate of drug-likeness (QED) is 0.751. The number of rotatable bonds is 1. The van der Waals surface area contributed by atoms with Crippen molar-refractivity contribution in [1.82, 2.24) is 4.90 Å². The second-order valence-electron chi connectivity index (χ2n) is 8.42. The molecule has 22 heavy (non-hydrogen) atoms. The summed E-state index contributed by atoms with van der Waals surface area (Å²) in [6.07, 6.45) is 8.88. The summed E-state index contributed by atoms with van der Waals surface area (Å²) in [7, 11) is 0. The van der Waals surface area contributed by atoms with Crippen LogP contribution >= 0.6 is 11.3 Å². The molecule has 1 amide bonds. The van der Waals surface area contributed by atoms with Crippen LogP contribution in [0.15, 0.2) is 11.4 Å². The van der Waals surface area contributed by atoms with Crippen molar-refractivity contribution in [3.05, 3.63) is 21.9 Å². The highest BCUT2D eigenvalue weighted by atomic mass is 32.1. The Morgan fingerprint density at radius 3 is 2.45 bits per heavy atom. The Kier molecular flexibility index (Phi) is 2.84. The van der Waals surface area contributed by atoms with Crippen molar-refractivity contribution in [3.8, 4) is 0 Å². The number of carbonyl (C=O) groups excluding carboxylic acids is 1. The molecule has 1 aromatic rings. The monoisotopic (exact) mass is 315 g/mol. The van der Waals surface area contributed by atoms with Crippen LogP contribution in [0.25, 0.3) is 0 Å². The van der Waals surface area contributed by atoms with Gasteiger partial charge in [-0.05, 0) is 86.6 Å². The van der Waals surface area contributed by atoms with Gasteiger partial charge in [0.15, 0.2) is 0 Å².